The van der Waals surface area contributed by atoms with E-state index in [9.17, 15) is 5.26 Å². The minimum absolute atomic E-state index is 0.353. The Balaban J connectivity index is 1.75. The van der Waals surface area contributed by atoms with Gasteiger partial charge in [-0.15, -0.1) is 0 Å². The van der Waals surface area contributed by atoms with Crippen molar-refractivity contribution in [3.05, 3.63) is 71.4 Å². The third-order valence-electron chi connectivity index (χ3n) is 4.23. The summed E-state index contributed by atoms with van der Waals surface area (Å²) in [4.78, 5) is 4.39. The van der Waals surface area contributed by atoms with E-state index in [-0.39, 0.29) is 0 Å². The van der Waals surface area contributed by atoms with Crippen LogP contribution in [0.15, 0.2) is 59.8 Å². The second-order valence-corrected chi connectivity index (χ2v) is 5.69. The van der Waals surface area contributed by atoms with Crippen molar-refractivity contribution in [1.29, 1.82) is 5.26 Å². The molecule has 0 spiro atoms. The van der Waals surface area contributed by atoms with Crippen molar-refractivity contribution in [2.24, 2.45) is 5.10 Å². The van der Waals surface area contributed by atoms with Crippen molar-refractivity contribution < 1.29 is 0 Å². The third-order valence-corrected chi connectivity index (χ3v) is 4.23. The molecule has 0 saturated carbocycles. The zero-order valence-electron chi connectivity index (χ0n) is 13.0. The van der Waals surface area contributed by atoms with Gasteiger partial charge in [0.2, 0.25) is 5.95 Å². The first-order chi connectivity index (χ1) is 11.8. The average Bonchev–Trinajstić information content (AvgIpc) is 3.20. The molecule has 1 aliphatic carbocycles. The highest BCUT2D eigenvalue weighted by atomic mass is 15.4. The quantitative estimate of drug-likeness (QED) is 0.789. The van der Waals surface area contributed by atoms with Crippen LogP contribution in [-0.2, 0) is 6.42 Å². The summed E-state index contributed by atoms with van der Waals surface area (Å²) in [7, 11) is 0. The number of benzene rings is 2. The fourth-order valence-electron chi connectivity index (χ4n) is 3.06. The van der Waals surface area contributed by atoms with Gasteiger partial charge in [0.05, 0.1) is 29.2 Å². The van der Waals surface area contributed by atoms with Crippen LogP contribution < -0.4 is 5.73 Å². The van der Waals surface area contributed by atoms with E-state index < -0.39 is 0 Å². The molecular weight excluding hydrogens is 298 g/mol. The van der Waals surface area contributed by atoms with Crippen LogP contribution in [0.25, 0.3) is 11.3 Å². The highest BCUT2D eigenvalue weighted by Gasteiger charge is 2.21. The third kappa shape index (κ3) is 2.34. The van der Waals surface area contributed by atoms with E-state index in [1.807, 2.05) is 54.7 Å². The molecule has 0 unspecified atom stereocenters. The van der Waals surface area contributed by atoms with Gasteiger partial charge >= 0.3 is 0 Å². The molecule has 5 nitrogen and oxygen atoms in total. The van der Waals surface area contributed by atoms with Crippen LogP contribution >= 0.6 is 0 Å². The van der Waals surface area contributed by atoms with E-state index >= 15 is 0 Å². The van der Waals surface area contributed by atoms with E-state index in [4.69, 9.17) is 5.73 Å². The first-order valence-electron chi connectivity index (χ1n) is 7.77. The molecule has 3 aromatic rings. The second kappa shape index (κ2) is 5.67. The second-order valence-electron chi connectivity index (χ2n) is 5.69. The maximum atomic E-state index is 9.23. The number of nitrogen functional groups attached to an aromatic ring is 1. The van der Waals surface area contributed by atoms with Crippen molar-refractivity contribution in [3.63, 3.8) is 0 Å². The Bertz CT molecular complexity index is 977. The van der Waals surface area contributed by atoms with E-state index in [0.717, 1.165) is 46.5 Å². The first-order valence-corrected chi connectivity index (χ1v) is 7.77. The Hall–Kier alpha value is -3.39. The smallest absolute Gasteiger partial charge is 0.221 e. The zero-order chi connectivity index (χ0) is 16.5. The summed E-state index contributed by atoms with van der Waals surface area (Å²) in [6.45, 7) is 0. The zero-order valence-corrected chi connectivity index (χ0v) is 13.0. The molecule has 5 heteroatoms. The molecule has 0 fully saturated rings. The number of nitrogens with zero attached hydrogens (tertiary/aromatic N) is 4. The van der Waals surface area contributed by atoms with Crippen LogP contribution in [-0.4, -0.2) is 15.4 Å². The Labute approximate surface area is 139 Å². The topological polar surface area (TPSA) is 80.0 Å². The van der Waals surface area contributed by atoms with Gasteiger partial charge in [-0.25, -0.2) is 9.66 Å². The summed E-state index contributed by atoms with van der Waals surface area (Å²) < 4.78 is 1.62. The van der Waals surface area contributed by atoms with E-state index in [2.05, 4.69) is 16.2 Å². The van der Waals surface area contributed by atoms with Crippen molar-refractivity contribution in [2.45, 2.75) is 12.8 Å². The van der Waals surface area contributed by atoms with Crippen molar-refractivity contribution in [3.8, 4) is 17.3 Å². The summed E-state index contributed by atoms with van der Waals surface area (Å²) in [6, 6.07) is 17.9. The molecule has 24 heavy (non-hydrogen) atoms. The molecule has 0 atom stereocenters. The lowest BCUT2D eigenvalue weighted by Gasteiger charge is -2.02. The monoisotopic (exact) mass is 313 g/mol. The molecule has 1 heterocycles. The Kier molecular flexibility index (Phi) is 3.36. The van der Waals surface area contributed by atoms with Gasteiger partial charge in [-0.1, -0.05) is 42.5 Å². The van der Waals surface area contributed by atoms with Crippen LogP contribution in [0, 0.1) is 11.3 Å². The fraction of sp³-hybridized carbons (Fsp3) is 0.105. The number of fused-ring (bicyclic) bond motifs is 1. The van der Waals surface area contributed by atoms with Gasteiger partial charge in [0.15, 0.2) is 0 Å². The van der Waals surface area contributed by atoms with Crippen LogP contribution in [0.2, 0.25) is 0 Å². The van der Waals surface area contributed by atoms with Crippen LogP contribution in [0.1, 0.15) is 23.1 Å². The normalized spacial score (nSPS) is 14.5. The SMILES string of the molecule is N#Cc1cccc2c1CC/C2=N\n1cc(-c2ccccc2)nc1N. The van der Waals surface area contributed by atoms with Crippen molar-refractivity contribution >= 4 is 11.7 Å². The molecule has 2 N–H and O–H groups in total. The van der Waals surface area contributed by atoms with Gasteiger partial charge in [-0.05, 0) is 24.5 Å². The summed E-state index contributed by atoms with van der Waals surface area (Å²) in [5.74, 6) is 0.353. The minimum Gasteiger partial charge on any atom is -0.368 e. The number of hydrogen-bond acceptors (Lipinski definition) is 4. The average molecular weight is 313 g/mol. The maximum Gasteiger partial charge on any atom is 0.221 e. The Morgan fingerprint density at radius 3 is 2.71 bits per heavy atom. The number of anilines is 1. The number of nitriles is 1. The molecule has 1 aromatic heterocycles. The number of rotatable bonds is 2. The standard InChI is InChI=1S/C19H15N5/c20-11-14-7-4-8-16-15(14)9-10-17(16)23-24-12-18(22-19(24)21)13-5-2-1-3-6-13/h1-8,12H,9-10H2,(H2,21,22)/b23-17+. The molecule has 0 bridgehead atoms. The number of aromatic nitrogens is 2. The van der Waals surface area contributed by atoms with Gasteiger partial charge < -0.3 is 5.73 Å². The summed E-state index contributed by atoms with van der Waals surface area (Å²) in [5.41, 5.74) is 11.6. The largest absolute Gasteiger partial charge is 0.368 e. The molecule has 116 valence electrons. The molecule has 0 amide bonds. The molecule has 0 radical (unpaired) electrons. The highest BCUT2D eigenvalue weighted by Crippen LogP contribution is 2.27. The summed E-state index contributed by atoms with van der Waals surface area (Å²) in [6.07, 6.45) is 3.47. The fourth-order valence-corrected chi connectivity index (χ4v) is 3.06. The van der Waals surface area contributed by atoms with Crippen LogP contribution in [0.5, 0.6) is 0 Å². The minimum atomic E-state index is 0.353. The first kappa shape index (κ1) is 14.2. The van der Waals surface area contributed by atoms with Gasteiger partial charge in [0.1, 0.15) is 0 Å². The summed E-state index contributed by atoms with van der Waals surface area (Å²) in [5, 5.41) is 13.9. The van der Waals surface area contributed by atoms with Gasteiger partial charge in [0.25, 0.3) is 0 Å². The summed E-state index contributed by atoms with van der Waals surface area (Å²) >= 11 is 0. The lowest BCUT2D eigenvalue weighted by atomic mass is 10.0. The van der Waals surface area contributed by atoms with Crippen LogP contribution in [0.4, 0.5) is 5.95 Å². The molecular formula is C19H15N5. The van der Waals surface area contributed by atoms with Gasteiger partial charge in [0, 0.05) is 11.1 Å². The molecule has 0 saturated heterocycles. The van der Waals surface area contributed by atoms with E-state index in [1.54, 1.807) is 4.68 Å². The van der Waals surface area contributed by atoms with Gasteiger partial charge in [-0.3, -0.25) is 0 Å². The van der Waals surface area contributed by atoms with E-state index in [0.29, 0.717) is 5.95 Å². The molecule has 0 aliphatic heterocycles. The Morgan fingerprint density at radius 2 is 1.92 bits per heavy atom. The van der Waals surface area contributed by atoms with Crippen LogP contribution in [0.3, 0.4) is 0 Å². The van der Waals surface area contributed by atoms with Crippen molar-refractivity contribution in [1.82, 2.24) is 9.66 Å². The lowest BCUT2D eigenvalue weighted by Crippen LogP contribution is -2.02. The molecule has 2 aromatic carbocycles. The van der Waals surface area contributed by atoms with Gasteiger partial charge in [-0.2, -0.15) is 10.4 Å². The predicted molar refractivity (Wildman–Crippen MR) is 93.5 cm³/mol. The van der Waals surface area contributed by atoms with Crippen molar-refractivity contribution in [2.75, 3.05) is 5.73 Å². The number of hydrogen-bond donors (Lipinski definition) is 1. The maximum absolute atomic E-state index is 9.23. The predicted octanol–water partition coefficient (Wildman–Crippen LogP) is 3.20. The van der Waals surface area contributed by atoms with E-state index in [1.165, 1.54) is 0 Å². The lowest BCUT2D eigenvalue weighted by molar-refractivity contribution is 0.883. The number of imidazole rings is 1. The Morgan fingerprint density at radius 1 is 1.08 bits per heavy atom. The molecule has 4 rings (SSSR count). The highest BCUT2D eigenvalue weighted by molar-refractivity contribution is 6.05. The molecule has 1 aliphatic rings. The number of nitrogens with two attached hydrogens (primary N) is 1.